The monoisotopic (exact) mass is 441 g/mol. The van der Waals surface area contributed by atoms with E-state index in [1.807, 2.05) is 72.8 Å². The highest BCUT2D eigenvalue weighted by Gasteiger charge is 2.02. The van der Waals surface area contributed by atoms with Crippen LogP contribution in [0, 0.1) is 0 Å². The Kier molecular flexibility index (Phi) is 8.19. The number of nitrogens with one attached hydrogen (secondary N) is 1. The third-order valence-electron chi connectivity index (χ3n) is 4.16. The maximum Gasteiger partial charge on any atom is 0.407 e. The molecule has 0 heterocycles. The summed E-state index contributed by atoms with van der Waals surface area (Å²) < 4.78 is 10.9. The van der Waals surface area contributed by atoms with Gasteiger partial charge in [0.25, 0.3) is 0 Å². The van der Waals surface area contributed by atoms with Gasteiger partial charge in [0, 0.05) is 6.54 Å². The number of rotatable bonds is 8. The van der Waals surface area contributed by atoms with E-state index in [2.05, 4.69) is 5.32 Å². The quantitative estimate of drug-likeness (QED) is 0.433. The number of benzene rings is 3. The highest BCUT2D eigenvalue weighted by molar-refractivity contribution is 6.42. The molecule has 0 atom stereocenters. The molecule has 1 amide bonds. The molecule has 0 aliphatic heterocycles. The van der Waals surface area contributed by atoms with Gasteiger partial charge in [0.15, 0.2) is 0 Å². The van der Waals surface area contributed by atoms with Gasteiger partial charge in [0.2, 0.25) is 0 Å². The van der Waals surface area contributed by atoms with Gasteiger partial charge < -0.3 is 14.8 Å². The first-order valence-electron chi connectivity index (χ1n) is 9.38. The molecule has 3 aromatic rings. The van der Waals surface area contributed by atoms with Crippen LogP contribution in [0.3, 0.4) is 0 Å². The van der Waals surface area contributed by atoms with Gasteiger partial charge in [-0.15, -0.1) is 0 Å². The van der Waals surface area contributed by atoms with Crippen molar-refractivity contribution in [2.45, 2.75) is 13.2 Å². The van der Waals surface area contributed by atoms with E-state index in [-0.39, 0.29) is 6.61 Å². The summed E-state index contributed by atoms with van der Waals surface area (Å²) in [4.78, 5) is 11.7. The van der Waals surface area contributed by atoms with Gasteiger partial charge >= 0.3 is 6.09 Å². The van der Waals surface area contributed by atoms with Gasteiger partial charge in [-0.25, -0.2) is 4.79 Å². The van der Waals surface area contributed by atoms with Crippen molar-refractivity contribution >= 4 is 35.4 Å². The van der Waals surface area contributed by atoms with Gasteiger partial charge in [-0.2, -0.15) is 0 Å². The van der Waals surface area contributed by atoms with Crippen LogP contribution in [0.2, 0.25) is 10.0 Å². The highest BCUT2D eigenvalue weighted by atomic mass is 35.5. The zero-order valence-electron chi connectivity index (χ0n) is 16.2. The van der Waals surface area contributed by atoms with Crippen LogP contribution in [0.4, 0.5) is 4.79 Å². The van der Waals surface area contributed by atoms with Crippen LogP contribution < -0.4 is 10.1 Å². The van der Waals surface area contributed by atoms with Crippen molar-refractivity contribution in [2.24, 2.45) is 0 Å². The molecule has 30 heavy (non-hydrogen) atoms. The van der Waals surface area contributed by atoms with Crippen molar-refractivity contribution in [2.75, 3.05) is 6.54 Å². The van der Waals surface area contributed by atoms with Gasteiger partial charge in [-0.05, 0) is 41.0 Å². The Morgan fingerprint density at radius 3 is 2.37 bits per heavy atom. The average molecular weight is 442 g/mol. The molecule has 1 N–H and O–H groups in total. The average Bonchev–Trinajstić information content (AvgIpc) is 2.77. The molecule has 0 fully saturated rings. The van der Waals surface area contributed by atoms with Crippen molar-refractivity contribution in [1.82, 2.24) is 5.32 Å². The lowest BCUT2D eigenvalue weighted by atomic mass is 10.2. The standard InChI is InChI=1S/C24H21Cl2NO3/c25-22-13-10-20(15-23(22)26)17-29-21-11-8-18(9-12-21)7-4-14-27-24(28)30-16-19-5-2-1-3-6-19/h1-13,15H,14,16-17H2,(H,27,28). The second-order valence-electron chi connectivity index (χ2n) is 6.45. The molecule has 3 rings (SSSR count). The van der Waals surface area contributed by atoms with E-state index in [1.165, 1.54) is 0 Å². The maximum atomic E-state index is 11.7. The number of hydrogen-bond acceptors (Lipinski definition) is 3. The molecule has 0 saturated carbocycles. The summed E-state index contributed by atoms with van der Waals surface area (Å²) in [7, 11) is 0. The number of halogens is 2. The predicted molar refractivity (Wildman–Crippen MR) is 121 cm³/mol. The first-order chi connectivity index (χ1) is 14.6. The number of amides is 1. The van der Waals surface area contributed by atoms with Crippen LogP contribution in [0.15, 0.2) is 78.9 Å². The van der Waals surface area contributed by atoms with Crippen LogP contribution in [0.25, 0.3) is 6.08 Å². The molecule has 0 aromatic heterocycles. The summed E-state index contributed by atoms with van der Waals surface area (Å²) in [5, 5.41) is 3.72. The lowest BCUT2D eigenvalue weighted by molar-refractivity contribution is 0.141. The minimum Gasteiger partial charge on any atom is -0.489 e. The van der Waals surface area contributed by atoms with Gasteiger partial charge in [-0.1, -0.05) is 83.9 Å². The number of carbonyl (C=O) groups is 1. The Morgan fingerprint density at radius 1 is 0.867 bits per heavy atom. The zero-order valence-corrected chi connectivity index (χ0v) is 17.7. The smallest absolute Gasteiger partial charge is 0.407 e. The normalized spacial score (nSPS) is 10.7. The van der Waals surface area contributed by atoms with Crippen molar-refractivity contribution in [3.63, 3.8) is 0 Å². The van der Waals surface area contributed by atoms with Crippen LogP contribution in [0.1, 0.15) is 16.7 Å². The van der Waals surface area contributed by atoms with E-state index >= 15 is 0 Å². The molecule has 6 heteroatoms. The largest absolute Gasteiger partial charge is 0.489 e. The first-order valence-corrected chi connectivity index (χ1v) is 10.1. The van der Waals surface area contributed by atoms with E-state index in [0.717, 1.165) is 22.4 Å². The first kappa shape index (κ1) is 21.8. The summed E-state index contributed by atoms with van der Waals surface area (Å²) in [5.74, 6) is 0.751. The van der Waals surface area contributed by atoms with Crippen LogP contribution in [0.5, 0.6) is 5.75 Å². The van der Waals surface area contributed by atoms with E-state index in [4.69, 9.17) is 32.7 Å². The van der Waals surface area contributed by atoms with Gasteiger partial charge in [0.1, 0.15) is 19.0 Å². The van der Waals surface area contributed by atoms with Crippen molar-refractivity contribution in [3.05, 3.63) is 106 Å². The number of carbonyl (C=O) groups excluding carboxylic acids is 1. The molecule has 0 saturated heterocycles. The number of alkyl carbamates (subject to hydrolysis) is 1. The molecule has 0 bridgehead atoms. The summed E-state index contributed by atoms with van der Waals surface area (Å²) in [6, 6.07) is 22.6. The summed E-state index contributed by atoms with van der Waals surface area (Å²) in [5.41, 5.74) is 2.89. The second kappa shape index (κ2) is 11.3. The molecule has 3 aromatic carbocycles. The molecule has 0 unspecified atom stereocenters. The third-order valence-corrected chi connectivity index (χ3v) is 4.90. The van der Waals surface area contributed by atoms with Crippen LogP contribution in [-0.4, -0.2) is 12.6 Å². The molecule has 0 spiro atoms. The summed E-state index contributed by atoms with van der Waals surface area (Å²) in [6.07, 6.45) is 3.32. The topological polar surface area (TPSA) is 47.6 Å². The molecule has 4 nitrogen and oxygen atoms in total. The molecule has 0 radical (unpaired) electrons. The summed E-state index contributed by atoms with van der Waals surface area (Å²) in [6.45, 7) is 1.03. The molecule has 154 valence electrons. The number of ether oxygens (including phenoxy) is 2. The van der Waals surface area contributed by atoms with Crippen molar-refractivity contribution in [1.29, 1.82) is 0 Å². The Morgan fingerprint density at radius 2 is 1.63 bits per heavy atom. The molecular formula is C24H21Cl2NO3. The third kappa shape index (κ3) is 7.14. The van der Waals surface area contributed by atoms with Gasteiger partial charge in [0.05, 0.1) is 10.0 Å². The van der Waals surface area contributed by atoms with E-state index < -0.39 is 6.09 Å². The fraction of sp³-hybridized carbons (Fsp3) is 0.125. The molecule has 0 aliphatic carbocycles. The van der Waals surface area contributed by atoms with Gasteiger partial charge in [-0.3, -0.25) is 0 Å². The maximum absolute atomic E-state index is 11.7. The SMILES string of the molecule is O=C(NCC=Cc1ccc(OCc2ccc(Cl)c(Cl)c2)cc1)OCc1ccccc1. The fourth-order valence-electron chi connectivity index (χ4n) is 2.58. The Balaban J connectivity index is 1.38. The Hall–Kier alpha value is -2.95. The highest BCUT2D eigenvalue weighted by Crippen LogP contribution is 2.23. The van der Waals surface area contributed by atoms with E-state index in [1.54, 1.807) is 12.1 Å². The number of hydrogen-bond donors (Lipinski definition) is 1. The minimum atomic E-state index is -0.449. The van der Waals surface area contributed by atoms with E-state index in [0.29, 0.717) is 23.2 Å². The lowest BCUT2D eigenvalue weighted by Crippen LogP contribution is -2.24. The Labute approximate surface area is 186 Å². The van der Waals surface area contributed by atoms with Crippen molar-refractivity contribution < 1.29 is 14.3 Å². The van der Waals surface area contributed by atoms with Crippen molar-refractivity contribution in [3.8, 4) is 5.75 Å². The van der Waals surface area contributed by atoms with E-state index in [9.17, 15) is 4.79 Å². The lowest BCUT2D eigenvalue weighted by Gasteiger charge is -2.07. The minimum absolute atomic E-state index is 0.250. The predicted octanol–water partition coefficient (Wildman–Crippen LogP) is 6.51. The van der Waals surface area contributed by atoms with Crippen LogP contribution in [-0.2, 0) is 18.0 Å². The second-order valence-corrected chi connectivity index (χ2v) is 7.27. The zero-order chi connectivity index (χ0) is 21.2. The molecular weight excluding hydrogens is 421 g/mol. The fourth-order valence-corrected chi connectivity index (χ4v) is 2.90. The molecule has 0 aliphatic rings. The van der Waals surface area contributed by atoms with Crippen LogP contribution >= 0.6 is 23.2 Å². The summed E-state index contributed by atoms with van der Waals surface area (Å²) >= 11 is 11.9. The Bertz CT molecular complexity index is 989.